The summed E-state index contributed by atoms with van der Waals surface area (Å²) in [6, 6.07) is 9.43. The smallest absolute Gasteiger partial charge is 0.409 e. The average molecular weight is 362 g/mol. The second-order valence-corrected chi connectivity index (χ2v) is 6.15. The number of esters is 1. The van der Waals surface area contributed by atoms with Crippen molar-refractivity contribution in [2.75, 3.05) is 0 Å². The number of benzene rings is 1. The highest BCUT2D eigenvalue weighted by atomic mass is 16.7. The van der Waals surface area contributed by atoms with Gasteiger partial charge in [-0.1, -0.05) is 37.3 Å². The number of hydrogen-bond donors (Lipinski definition) is 3. The summed E-state index contributed by atoms with van der Waals surface area (Å²) in [6.07, 6.45) is -1.68. The maximum Gasteiger partial charge on any atom is 0.409 e. The number of hydrogen-bond acceptors (Lipinski definition) is 6. The summed E-state index contributed by atoms with van der Waals surface area (Å²) in [5, 5.41) is 14.0. The second kappa shape index (κ2) is 9.15. The molecule has 2 rings (SSSR count). The predicted molar refractivity (Wildman–Crippen MR) is 91.6 cm³/mol. The van der Waals surface area contributed by atoms with E-state index in [0.717, 1.165) is 5.56 Å². The Balaban J connectivity index is 2.03. The van der Waals surface area contributed by atoms with Crippen LogP contribution in [0.3, 0.4) is 0 Å². The van der Waals surface area contributed by atoms with Crippen LogP contribution in [0.4, 0.5) is 4.79 Å². The summed E-state index contributed by atoms with van der Waals surface area (Å²) in [5.74, 6) is 0.718. The van der Waals surface area contributed by atoms with E-state index < -0.39 is 30.5 Å². The molecule has 1 saturated heterocycles. The third-order valence-corrected chi connectivity index (χ3v) is 4.02. The van der Waals surface area contributed by atoms with Gasteiger partial charge in [-0.3, -0.25) is 15.4 Å². The highest BCUT2D eigenvalue weighted by Gasteiger charge is 2.37. The van der Waals surface area contributed by atoms with Crippen molar-refractivity contribution in [3.8, 4) is 0 Å². The molecule has 4 unspecified atom stereocenters. The van der Waals surface area contributed by atoms with E-state index in [0.29, 0.717) is 12.8 Å². The molecule has 3 N–H and O–H groups in total. The SMILES string of the molecule is CC(=O)OC1OC(CC(C)C(=C=O)NC(=O)O)NC1Cc1ccccc1. The van der Waals surface area contributed by atoms with Crippen LogP contribution in [0.2, 0.25) is 0 Å². The van der Waals surface area contributed by atoms with Crippen molar-refractivity contribution >= 4 is 18.0 Å². The molecule has 140 valence electrons. The van der Waals surface area contributed by atoms with Crippen LogP contribution in [0.1, 0.15) is 25.8 Å². The molecule has 1 heterocycles. The van der Waals surface area contributed by atoms with E-state index in [1.807, 2.05) is 35.6 Å². The first-order chi connectivity index (χ1) is 12.4. The van der Waals surface area contributed by atoms with Gasteiger partial charge in [-0.15, -0.1) is 0 Å². The van der Waals surface area contributed by atoms with E-state index in [2.05, 4.69) is 5.32 Å². The molecule has 1 aliphatic heterocycles. The molecule has 4 atom stereocenters. The van der Waals surface area contributed by atoms with Crippen LogP contribution in [0.25, 0.3) is 0 Å². The van der Waals surface area contributed by atoms with Crippen LogP contribution in [0.5, 0.6) is 0 Å². The van der Waals surface area contributed by atoms with Crippen molar-refractivity contribution < 1.29 is 29.0 Å². The Morgan fingerprint density at radius 2 is 2.08 bits per heavy atom. The molecular formula is C18H22N2O6. The van der Waals surface area contributed by atoms with Crippen molar-refractivity contribution in [3.63, 3.8) is 0 Å². The molecule has 1 aliphatic rings. The zero-order valence-electron chi connectivity index (χ0n) is 14.6. The van der Waals surface area contributed by atoms with Gasteiger partial charge in [0.1, 0.15) is 17.9 Å². The Kier molecular flexibility index (Phi) is 6.91. The summed E-state index contributed by atoms with van der Waals surface area (Å²) < 4.78 is 11.0. The number of ether oxygens (including phenoxy) is 2. The number of carboxylic acid groups (broad SMARTS) is 1. The highest BCUT2D eigenvalue weighted by molar-refractivity contribution is 5.71. The molecule has 1 aromatic rings. The lowest BCUT2D eigenvalue weighted by atomic mass is 10.0. The molecule has 0 aliphatic carbocycles. The van der Waals surface area contributed by atoms with Crippen LogP contribution >= 0.6 is 0 Å². The average Bonchev–Trinajstić information content (AvgIpc) is 2.93. The molecular weight excluding hydrogens is 340 g/mol. The quantitative estimate of drug-likeness (QED) is 0.497. The largest absolute Gasteiger partial charge is 0.465 e. The first-order valence-electron chi connectivity index (χ1n) is 8.26. The first-order valence-corrected chi connectivity index (χ1v) is 8.26. The lowest BCUT2D eigenvalue weighted by molar-refractivity contribution is -0.175. The summed E-state index contributed by atoms with van der Waals surface area (Å²) in [4.78, 5) is 33.0. The highest BCUT2D eigenvalue weighted by Crippen LogP contribution is 2.23. The van der Waals surface area contributed by atoms with Gasteiger partial charge in [0.2, 0.25) is 6.29 Å². The van der Waals surface area contributed by atoms with Crippen molar-refractivity contribution in [1.29, 1.82) is 0 Å². The summed E-state index contributed by atoms with van der Waals surface area (Å²) in [5.41, 5.74) is 0.985. The first kappa shape index (κ1) is 19.7. The molecule has 1 fully saturated rings. The van der Waals surface area contributed by atoms with Gasteiger partial charge in [0, 0.05) is 12.8 Å². The van der Waals surface area contributed by atoms with Gasteiger partial charge in [-0.05, 0) is 18.4 Å². The molecule has 0 radical (unpaired) electrons. The monoisotopic (exact) mass is 362 g/mol. The Morgan fingerprint density at radius 1 is 1.38 bits per heavy atom. The minimum absolute atomic E-state index is 0.0709. The van der Waals surface area contributed by atoms with Crippen molar-refractivity contribution in [2.45, 2.75) is 45.2 Å². The lowest BCUT2D eigenvalue weighted by Gasteiger charge is -2.17. The molecule has 0 bridgehead atoms. The van der Waals surface area contributed by atoms with Crippen LogP contribution in [-0.2, 0) is 25.5 Å². The molecule has 26 heavy (non-hydrogen) atoms. The number of carbonyl (C=O) groups excluding carboxylic acids is 2. The van der Waals surface area contributed by atoms with Gasteiger partial charge in [0.15, 0.2) is 0 Å². The zero-order chi connectivity index (χ0) is 19.1. The Labute approximate surface area is 151 Å². The molecule has 1 aromatic carbocycles. The number of carbonyl (C=O) groups is 2. The molecule has 0 aromatic heterocycles. The molecule has 0 saturated carbocycles. The Bertz CT molecular complexity index is 686. The number of nitrogens with one attached hydrogen (secondary N) is 2. The third kappa shape index (κ3) is 5.70. The van der Waals surface area contributed by atoms with Crippen molar-refractivity contribution in [1.82, 2.24) is 10.6 Å². The summed E-state index contributed by atoms with van der Waals surface area (Å²) in [7, 11) is 0. The summed E-state index contributed by atoms with van der Waals surface area (Å²) in [6.45, 7) is 3.00. The molecule has 1 amide bonds. The van der Waals surface area contributed by atoms with Gasteiger partial charge in [-0.2, -0.15) is 0 Å². The maximum absolute atomic E-state index is 11.3. The number of allylic oxidation sites excluding steroid dienone is 1. The Hall–Kier alpha value is -2.67. The number of amides is 1. The lowest BCUT2D eigenvalue weighted by Crippen LogP contribution is -2.37. The Morgan fingerprint density at radius 3 is 2.65 bits per heavy atom. The van der Waals surface area contributed by atoms with E-state index in [9.17, 15) is 14.4 Å². The van der Waals surface area contributed by atoms with Gasteiger partial charge < -0.3 is 14.6 Å². The van der Waals surface area contributed by atoms with Crippen LogP contribution in [0.15, 0.2) is 36.0 Å². The van der Waals surface area contributed by atoms with Crippen molar-refractivity contribution in [2.24, 2.45) is 5.92 Å². The fraction of sp³-hybridized carbons (Fsp3) is 0.444. The van der Waals surface area contributed by atoms with E-state index in [-0.39, 0.29) is 11.7 Å². The fourth-order valence-electron chi connectivity index (χ4n) is 2.84. The standard InChI is InChI=1S/C18H22N2O6/c1-11(15(10-21)20-18(23)24)8-16-19-14(17(26-16)25-12(2)22)9-13-6-4-3-5-7-13/h3-7,11,14,16-17,19-20H,8-9H2,1-2H3,(H,23,24). The van der Waals surface area contributed by atoms with E-state index in [1.54, 1.807) is 12.9 Å². The van der Waals surface area contributed by atoms with Gasteiger partial charge in [0.25, 0.3) is 0 Å². The van der Waals surface area contributed by atoms with Crippen LogP contribution < -0.4 is 10.6 Å². The minimum atomic E-state index is -1.32. The van der Waals surface area contributed by atoms with Gasteiger partial charge >= 0.3 is 12.1 Å². The van der Waals surface area contributed by atoms with E-state index in [4.69, 9.17) is 14.6 Å². The fourth-order valence-corrected chi connectivity index (χ4v) is 2.84. The topological polar surface area (TPSA) is 114 Å². The minimum Gasteiger partial charge on any atom is -0.465 e. The predicted octanol–water partition coefficient (Wildman–Crippen LogP) is 1.44. The second-order valence-electron chi connectivity index (χ2n) is 6.15. The molecule has 8 heteroatoms. The normalized spacial score (nSPS) is 22.9. The zero-order valence-corrected chi connectivity index (χ0v) is 14.6. The number of rotatable bonds is 7. The van der Waals surface area contributed by atoms with Crippen LogP contribution in [-0.4, -0.2) is 41.7 Å². The molecule has 8 nitrogen and oxygen atoms in total. The van der Waals surface area contributed by atoms with Gasteiger partial charge in [-0.25, -0.2) is 9.59 Å². The third-order valence-electron chi connectivity index (χ3n) is 4.02. The van der Waals surface area contributed by atoms with Crippen LogP contribution in [0, 0.1) is 5.92 Å². The maximum atomic E-state index is 11.3. The van der Waals surface area contributed by atoms with Gasteiger partial charge in [0.05, 0.1) is 6.04 Å². The van der Waals surface area contributed by atoms with E-state index >= 15 is 0 Å². The summed E-state index contributed by atoms with van der Waals surface area (Å²) >= 11 is 0. The van der Waals surface area contributed by atoms with E-state index in [1.165, 1.54) is 6.92 Å². The van der Waals surface area contributed by atoms with Crippen molar-refractivity contribution in [3.05, 3.63) is 41.6 Å². The molecule has 0 spiro atoms.